The number of methoxy groups -OCH3 is 2. The van der Waals surface area contributed by atoms with Crippen molar-refractivity contribution in [3.63, 3.8) is 0 Å². The fraction of sp³-hybridized carbons (Fsp3) is 0.222. The first-order chi connectivity index (χ1) is 12.1. The number of thiophene rings is 1. The van der Waals surface area contributed by atoms with E-state index in [0.29, 0.717) is 17.1 Å². The van der Waals surface area contributed by atoms with Gasteiger partial charge in [0.15, 0.2) is 0 Å². The Morgan fingerprint density at radius 1 is 1.24 bits per heavy atom. The van der Waals surface area contributed by atoms with Crippen molar-refractivity contribution in [2.45, 2.75) is 6.04 Å². The Labute approximate surface area is 150 Å². The molecule has 1 atom stereocenters. The summed E-state index contributed by atoms with van der Waals surface area (Å²) in [7, 11) is 5.08. The third kappa shape index (κ3) is 3.66. The first kappa shape index (κ1) is 17.0. The molecule has 0 aliphatic rings. The Morgan fingerprint density at radius 2 is 1.96 bits per heavy atom. The van der Waals surface area contributed by atoms with Crippen LogP contribution in [0.5, 0.6) is 11.5 Å². The molecule has 130 valence electrons. The third-order valence-corrected chi connectivity index (χ3v) is 4.57. The van der Waals surface area contributed by atoms with Gasteiger partial charge in [-0.2, -0.15) is 11.3 Å². The average Bonchev–Trinajstić information content (AvgIpc) is 3.31. The summed E-state index contributed by atoms with van der Waals surface area (Å²) in [6.45, 7) is 0. The van der Waals surface area contributed by atoms with Crippen LogP contribution in [0.4, 0.5) is 0 Å². The van der Waals surface area contributed by atoms with E-state index in [1.54, 1.807) is 32.5 Å². The molecule has 0 bridgehead atoms. The Bertz CT molecular complexity index is 836. The number of carbonyl (C=O) groups excluding carboxylic acids is 1. The summed E-state index contributed by atoms with van der Waals surface area (Å²) in [4.78, 5) is 17.0. The zero-order valence-corrected chi connectivity index (χ0v) is 15.0. The molecular formula is C18H19N3O3S. The number of benzene rings is 1. The van der Waals surface area contributed by atoms with Crippen LogP contribution in [0.15, 0.2) is 47.4 Å². The van der Waals surface area contributed by atoms with E-state index in [1.165, 1.54) is 11.3 Å². The molecule has 0 fully saturated rings. The van der Waals surface area contributed by atoms with Crippen LogP contribution in [0, 0.1) is 0 Å². The Hall–Kier alpha value is -2.80. The molecule has 1 amide bonds. The molecule has 0 saturated heterocycles. The van der Waals surface area contributed by atoms with Crippen LogP contribution in [-0.2, 0) is 7.05 Å². The molecule has 0 aliphatic heterocycles. The summed E-state index contributed by atoms with van der Waals surface area (Å²) in [6.07, 6.45) is 3.55. The van der Waals surface area contributed by atoms with Gasteiger partial charge in [0.25, 0.3) is 5.91 Å². The van der Waals surface area contributed by atoms with E-state index in [9.17, 15) is 4.79 Å². The molecule has 3 aromatic rings. The molecule has 0 spiro atoms. The number of hydrogen-bond acceptors (Lipinski definition) is 5. The second-order valence-corrected chi connectivity index (χ2v) is 6.24. The quantitative estimate of drug-likeness (QED) is 0.736. The molecule has 6 nitrogen and oxygen atoms in total. The number of aromatic nitrogens is 2. The van der Waals surface area contributed by atoms with Crippen LogP contribution < -0.4 is 14.8 Å². The fourth-order valence-corrected chi connectivity index (χ4v) is 3.19. The van der Waals surface area contributed by atoms with Crippen LogP contribution in [0.3, 0.4) is 0 Å². The SMILES string of the molecule is COc1cc(OC)cc([C@@H](NC(=O)c2ccsc2)c2nccn2C)c1. The minimum Gasteiger partial charge on any atom is -0.497 e. The highest BCUT2D eigenvalue weighted by atomic mass is 32.1. The lowest BCUT2D eigenvalue weighted by molar-refractivity contribution is 0.0941. The van der Waals surface area contributed by atoms with Crippen molar-refractivity contribution in [2.24, 2.45) is 7.05 Å². The largest absolute Gasteiger partial charge is 0.497 e. The van der Waals surface area contributed by atoms with Gasteiger partial charge in [0, 0.05) is 30.9 Å². The van der Waals surface area contributed by atoms with Crippen molar-refractivity contribution >= 4 is 17.2 Å². The zero-order chi connectivity index (χ0) is 17.8. The summed E-state index contributed by atoms with van der Waals surface area (Å²) in [5.74, 6) is 1.87. The van der Waals surface area contributed by atoms with Crippen molar-refractivity contribution in [3.05, 3.63) is 64.4 Å². The monoisotopic (exact) mass is 357 g/mol. The molecule has 2 aromatic heterocycles. The predicted octanol–water partition coefficient (Wildman–Crippen LogP) is 3.02. The molecule has 1 aromatic carbocycles. The molecule has 3 rings (SSSR count). The minimum absolute atomic E-state index is 0.156. The van der Waals surface area contributed by atoms with E-state index < -0.39 is 6.04 Å². The van der Waals surface area contributed by atoms with Gasteiger partial charge in [0.2, 0.25) is 0 Å². The second-order valence-electron chi connectivity index (χ2n) is 5.46. The summed E-state index contributed by atoms with van der Waals surface area (Å²) >= 11 is 1.48. The van der Waals surface area contributed by atoms with Gasteiger partial charge in [0.1, 0.15) is 23.4 Å². The van der Waals surface area contributed by atoms with Crippen LogP contribution >= 0.6 is 11.3 Å². The van der Waals surface area contributed by atoms with E-state index in [2.05, 4.69) is 10.3 Å². The lowest BCUT2D eigenvalue weighted by atomic mass is 10.0. The van der Waals surface area contributed by atoms with Crippen LogP contribution in [0.2, 0.25) is 0 Å². The molecule has 1 N–H and O–H groups in total. The standard InChI is InChI=1S/C18H19N3O3S/c1-21-6-5-19-17(21)16(20-18(22)12-4-7-25-11-12)13-8-14(23-2)10-15(9-13)24-3/h4-11,16H,1-3H3,(H,20,22)/t16-/m1/s1. The number of imidazole rings is 1. The van der Waals surface area contributed by atoms with E-state index >= 15 is 0 Å². The third-order valence-electron chi connectivity index (χ3n) is 3.88. The van der Waals surface area contributed by atoms with E-state index in [1.807, 2.05) is 40.7 Å². The van der Waals surface area contributed by atoms with Gasteiger partial charge in [-0.3, -0.25) is 4.79 Å². The summed E-state index contributed by atoms with van der Waals surface area (Å²) in [6, 6.07) is 6.89. The molecule has 0 saturated carbocycles. The van der Waals surface area contributed by atoms with Crippen LogP contribution in [0.25, 0.3) is 0 Å². The van der Waals surface area contributed by atoms with Gasteiger partial charge >= 0.3 is 0 Å². The Kier molecular flexibility index (Phi) is 5.04. The topological polar surface area (TPSA) is 65.4 Å². The zero-order valence-electron chi connectivity index (χ0n) is 14.2. The number of rotatable bonds is 6. The molecule has 25 heavy (non-hydrogen) atoms. The van der Waals surface area contributed by atoms with Gasteiger partial charge in [-0.1, -0.05) is 0 Å². The van der Waals surface area contributed by atoms with Gasteiger partial charge in [-0.25, -0.2) is 4.98 Å². The normalized spacial score (nSPS) is 11.8. The van der Waals surface area contributed by atoms with Crippen molar-refractivity contribution < 1.29 is 14.3 Å². The number of aryl methyl sites for hydroxylation is 1. The number of amides is 1. The molecule has 0 radical (unpaired) electrons. The van der Waals surface area contributed by atoms with Crippen molar-refractivity contribution in [1.82, 2.24) is 14.9 Å². The molecule has 2 heterocycles. The van der Waals surface area contributed by atoms with Gasteiger partial charge in [0.05, 0.1) is 19.8 Å². The predicted molar refractivity (Wildman–Crippen MR) is 96.4 cm³/mol. The van der Waals surface area contributed by atoms with Crippen molar-refractivity contribution in [1.29, 1.82) is 0 Å². The number of hydrogen-bond donors (Lipinski definition) is 1. The number of ether oxygens (including phenoxy) is 2. The highest BCUT2D eigenvalue weighted by molar-refractivity contribution is 7.08. The van der Waals surface area contributed by atoms with Gasteiger partial charge in [-0.05, 0) is 29.1 Å². The Balaban J connectivity index is 2.02. The summed E-state index contributed by atoms with van der Waals surface area (Å²) in [5.41, 5.74) is 1.45. The number of carbonyl (C=O) groups is 1. The maximum absolute atomic E-state index is 12.6. The number of nitrogens with zero attached hydrogens (tertiary/aromatic N) is 2. The van der Waals surface area contributed by atoms with E-state index in [4.69, 9.17) is 9.47 Å². The van der Waals surface area contributed by atoms with Crippen molar-refractivity contribution in [3.8, 4) is 11.5 Å². The van der Waals surface area contributed by atoms with E-state index in [-0.39, 0.29) is 5.91 Å². The molecule has 0 aliphatic carbocycles. The maximum Gasteiger partial charge on any atom is 0.252 e. The fourth-order valence-electron chi connectivity index (χ4n) is 2.56. The van der Waals surface area contributed by atoms with Crippen LogP contribution in [-0.4, -0.2) is 29.7 Å². The Morgan fingerprint density at radius 3 is 2.48 bits per heavy atom. The van der Waals surface area contributed by atoms with E-state index in [0.717, 1.165) is 11.4 Å². The first-order valence-corrected chi connectivity index (χ1v) is 8.60. The lowest BCUT2D eigenvalue weighted by Crippen LogP contribution is -2.30. The summed E-state index contributed by atoms with van der Waals surface area (Å²) in [5, 5.41) is 6.75. The average molecular weight is 357 g/mol. The smallest absolute Gasteiger partial charge is 0.252 e. The first-order valence-electron chi connectivity index (χ1n) is 7.65. The minimum atomic E-state index is -0.434. The van der Waals surface area contributed by atoms with Crippen molar-refractivity contribution in [2.75, 3.05) is 14.2 Å². The molecule has 7 heteroatoms. The highest BCUT2D eigenvalue weighted by Crippen LogP contribution is 2.29. The lowest BCUT2D eigenvalue weighted by Gasteiger charge is -2.20. The summed E-state index contributed by atoms with van der Waals surface area (Å²) < 4.78 is 12.6. The van der Waals surface area contributed by atoms with Crippen LogP contribution in [0.1, 0.15) is 27.8 Å². The molecule has 0 unspecified atom stereocenters. The van der Waals surface area contributed by atoms with Gasteiger partial charge in [-0.15, -0.1) is 0 Å². The van der Waals surface area contributed by atoms with Gasteiger partial charge < -0.3 is 19.4 Å². The molecular weight excluding hydrogens is 338 g/mol. The number of nitrogens with one attached hydrogen (secondary N) is 1. The maximum atomic E-state index is 12.6. The second kappa shape index (κ2) is 7.40. The highest BCUT2D eigenvalue weighted by Gasteiger charge is 2.23.